The summed E-state index contributed by atoms with van der Waals surface area (Å²) in [6.07, 6.45) is 4.68. The van der Waals surface area contributed by atoms with Crippen molar-refractivity contribution >= 4 is 6.21 Å². The number of aliphatic imine (C=N–C) groups is 1. The van der Waals surface area contributed by atoms with Crippen LogP contribution in [-0.2, 0) is 6.42 Å². The summed E-state index contributed by atoms with van der Waals surface area (Å²) in [7, 11) is 1.64. The molecule has 1 N–H and O–H groups in total. The summed E-state index contributed by atoms with van der Waals surface area (Å²) in [5.74, 6) is 1.71. The second-order valence-corrected chi connectivity index (χ2v) is 5.94. The van der Waals surface area contributed by atoms with E-state index in [-0.39, 0.29) is 12.6 Å². The van der Waals surface area contributed by atoms with E-state index in [2.05, 4.69) is 11.9 Å². The van der Waals surface area contributed by atoms with E-state index in [9.17, 15) is 5.11 Å². The van der Waals surface area contributed by atoms with Crippen molar-refractivity contribution in [1.82, 2.24) is 0 Å². The number of rotatable bonds is 10. The second kappa shape index (κ2) is 10.5. The fourth-order valence-electron chi connectivity index (χ4n) is 2.37. The monoisotopic (exact) mass is 341 g/mol. The van der Waals surface area contributed by atoms with Crippen molar-refractivity contribution in [3.05, 3.63) is 59.7 Å². The molecule has 2 rings (SSSR count). The molecule has 0 aliphatic carbocycles. The van der Waals surface area contributed by atoms with Gasteiger partial charge in [-0.15, -0.1) is 0 Å². The SMILES string of the molecule is CCCCOc1ccc(C[C@@H](CO)/N=C/c2ccc(OC)cc2)cc1. The molecule has 0 heterocycles. The van der Waals surface area contributed by atoms with Gasteiger partial charge in [-0.25, -0.2) is 0 Å². The summed E-state index contributed by atoms with van der Waals surface area (Å²) < 4.78 is 10.8. The smallest absolute Gasteiger partial charge is 0.119 e. The van der Waals surface area contributed by atoms with Crippen molar-refractivity contribution in [3.63, 3.8) is 0 Å². The van der Waals surface area contributed by atoms with E-state index in [0.29, 0.717) is 6.42 Å². The van der Waals surface area contributed by atoms with E-state index in [1.165, 1.54) is 0 Å². The van der Waals surface area contributed by atoms with Gasteiger partial charge in [-0.2, -0.15) is 0 Å². The Morgan fingerprint density at radius 2 is 1.72 bits per heavy atom. The van der Waals surface area contributed by atoms with E-state index >= 15 is 0 Å². The van der Waals surface area contributed by atoms with Gasteiger partial charge in [0.05, 0.1) is 26.4 Å². The van der Waals surface area contributed by atoms with Gasteiger partial charge in [-0.05, 0) is 60.4 Å². The first-order chi connectivity index (χ1) is 12.2. The van der Waals surface area contributed by atoms with Crippen molar-refractivity contribution in [3.8, 4) is 11.5 Å². The normalized spacial score (nSPS) is 12.3. The Balaban J connectivity index is 1.90. The number of ether oxygens (including phenoxy) is 2. The van der Waals surface area contributed by atoms with Crippen LogP contribution in [-0.4, -0.2) is 37.7 Å². The number of nitrogens with zero attached hydrogens (tertiary/aromatic N) is 1. The molecule has 4 heteroatoms. The molecule has 0 saturated carbocycles. The summed E-state index contributed by atoms with van der Waals surface area (Å²) in [6.45, 7) is 2.91. The molecule has 0 bridgehead atoms. The fourth-order valence-corrected chi connectivity index (χ4v) is 2.37. The molecular weight excluding hydrogens is 314 g/mol. The number of hydrogen-bond acceptors (Lipinski definition) is 4. The zero-order chi connectivity index (χ0) is 17.9. The quantitative estimate of drug-likeness (QED) is 0.527. The van der Waals surface area contributed by atoms with Crippen LogP contribution in [0.1, 0.15) is 30.9 Å². The Labute approximate surface area is 150 Å². The molecule has 0 amide bonds. The lowest BCUT2D eigenvalue weighted by Crippen LogP contribution is -2.14. The number of hydrogen-bond donors (Lipinski definition) is 1. The predicted molar refractivity (Wildman–Crippen MR) is 102 cm³/mol. The van der Waals surface area contributed by atoms with Gasteiger partial charge in [0.2, 0.25) is 0 Å². The Hall–Kier alpha value is -2.33. The number of aliphatic hydroxyl groups is 1. The van der Waals surface area contributed by atoms with Crippen LogP contribution >= 0.6 is 0 Å². The Kier molecular flexibility index (Phi) is 7.99. The lowest BCUT2D eigenvalue weighted by atomic mass is 10.1. The van der Waals surface area contributed by atoms with Crippen molar-refractivity contribution < 1.29 is 14.6 Å². The Morgan fingerprint density at radius 3 is 2.32 bits per heavy atom. The molecule has 2 aromatic rings. The summed E-state index contributed by atoms with van der Waals surface area (Å²) >= 11 is 0. The van der Waals surface area contributed by atoms with Crippen LogP contribution in [0.15, 0.2) is 53.5 Å². The van der Waals surface area contributed by atoms with E-state index in [1.807, 2.05) is 48.5 Å². The topological polar surface area (TPSA) is 51.0 Å². The molecule has 0 aliphatic rings. The van der Waals surface area contributed by atoms with Gasteiger partial charge in [0.25, 0.3) is 0 Å². The van der Waals surface area contributed by atoms with E-state index in [1.54, 1.807) is 13.3 Å². The summed E-state index contributed by atoms with van der Waals surface area (Å²) in [6, 6.07) is 15.5. The van der Waals surface area contributed by atoms with Gasteiger partial charge in [0.15, 0.2) is 0 Å². The van der Waals surface area contributed by atoms with Crippen LogP contribution in [0.3, 0.4) is 0 Å². The van der Waals surface area contributed by atoms with Gasteiger partial charge in [0, 0.05) is 6.21 Å². The van der Waals surface area contributed by atoms with Gasteiger partial charge in [-0.3, -0.25) is 4.99 Å². The van der Waals surface area contributed by atoms with Crippen LogP contribution < -0.4 is 9.47 Å². The molecule has 0 spiro atoms. The highest BCUT2D eigenvalue weighted by Crippen LogP contribution is 2.15. The molecule has 0 fully saturated rings. The van der Waals surface area contributed by atoms with Crippen molar-refractivity contribution in [2.24, 2.45) is 4.99 Å². The molecule has 4 nitrogen and oxygen atoms in total. The molecule has 1 atom stereocenters. The zero-order valence-corrected chi connectivity index (χ0v) is 15.0. The minimum absolute atomic E-state index is 0.0153. The molecule has 2 aromatic carbocycles. The number of aliphatic hydroxyl groups excluding tert-OH is 1. The van der Waals surface area contributed by atoms with Crippen LogP contribution in [0.25, 0.3) is 0 Å². The zero-order valence-electron chi connectivity index (χ0n) is 15.0. The Morgan fingerprint density at radius 1 is 1.04 bits per heavy atom. The molecule has 0 unspecified atom stereocenters. The van der Waals surface area contributed by atoms with Crippen molar-refractivity contribution in [2.45, 2.75) is 32.2 Å². The minimum atomic E-state index is -0.158. The third-order valence-electron chi connectivity index (χ3n) is 3.92. The van der Waals surface area contributed by atoms with Crippen LogP contribution in [0.5, 0.6) is 11.5 Å². The molecule has 0 saturated heterocycles. The largest absolute Gasteiger partial charge is 0.497 e. The molecule has 134 valence electrons. The van der Waals surface area contributed by atoms with Gasteiger partial charge in [0.1, 0.15) is 11.5 Å². The molecule has 25 heavy (non-hydrogen) atoms. The molecular formula is C21H27NO3. The Bertz CT molecular complexity index is 635. The number of methoxy groups -OCH3 is 1. The standard InChI is InChI=1S/C21H27NO3/c1-3-4-13-25-21-11-5-17(6-12-21)14-19(16-23)22-15-18-7-9-20(24-2)10-8-18/h5-12,15,19,23H,3-4,13-14,16H2,1-2H3/b22-15+/t19-/m0/s1. The van der Waals surface area contributed by atoms with Crippen molar-refractivity contribution in [1.29, 1.82) is 0 Å². The predicted octanol–water partition coefficient (Wildman–Crippen LogP) is 3.90. The van der Waals surface area contributed by atoms with Gasteiger partial charge < -0.3 is 14.6 Å². The number of benzene rings is 2. The fraction of sp³-hybridized carbons (Fsp3) is 0.381. The van der Waals surface area contributed by atoms with Crippen molar-refractivity contribution in [2.75, 3.05) is 20.3 Å². The highest BCUT2D eigenvalue weighted by atomic mass is 16.5. The molecule has 0 aliphatic heterocycles. The highest BCUT2D eigenvalue weighted by Gasteiger charge is 2.06. The molecule has 0 aromatic heterocycles. The summed E-state index contributed by atoms with van der Waals surface area (Å²) in [5.41, 5.74) is 2.12. The average molecular weight is 341 g/mol. The third-order valence-corrected chi connectivity index (χ3v) is 3.92. The minimum Gasteiger partial charge on any atom is -0.497 e. The molecule has 0 radical (unpaired) electrons. The lowest BCUT2D eigenvalue weighted by Gasteiger charge is -2.11. The summed E-state index contributed by atoms with van der Waals surface area (Å²) in [5, 5.41) is 9.59. The van der Waals surface area contributed by atoms with E-state index in [0.717, 1.165) is 42.1 Å². The van der Waals surface area contributed by atoms with Gasteiger partial charge >= 0.3 is 0 Å². The second-order valence-electron chi connectivity index (χ2n) is 5.94. The summed E-state index contributed by atoms with van der Waals surface area (Å²) in [4.78, 5) is 4.50. The number of unbranched alkanes of at least 4 members (excludes halogenated alkanes) is 1. The maximum atomic E-state index is 9.59. The first-order valence-electron chi connectivity index (χ1n) is 8.75. The average Bonchev–Trinajstić information content (AvgIpc) is 2.67. The first-order valence-corrected chi connectivity index (χ1v) is 8.75. The van der Waals surface area contributed by atoms with E-state index in [4.69, 9.17) is 9.47 Å². The maximum Gasteiger partial charge on any atom is 0.119 e. The van der Waals surface area contributed by atoms with Gasteiger partial charge in [-0.1, -0.05) is 25.5 Å². The maximum absolute atomic E-state index is 9.59. The first kappa shape index (κ1) is 19.0. The van der Waals surface area contributed by atoms with Crippen LogP contribution in [0, 0.1) is 0 Å². The third kappa shape index (κ3) is 6.59. The van der Waals surface area contributed by atoms with Crippen LogP contribution in [0.2, 0.25) is 0 Å². The lowest BCUT2D eigenvalue weighted by molar-refractivity contribution is 0.266. The highest BCUT2D eigenvalue weighted by molar-refractivity contribution is 5.79. The van der Waals surface area contributed by atoms with E-state index < -0.39 is 0 Å². The van der Waals surface area contributed by atoms with Crippen LogP contribution in [0.4, 0.5) is 0 Å².